The summed E-state index contributed by atoms with van der Waals surface area (Å²) in [5, 5.41) is 15.1. The number of sulfone groups is 1. The first-order chi connectivity index (χ1) is 11.4. The van der Waals surface area contributed by atoms with Crippen LogP contribution < -0.4 is 5.32 Å². The third-order valence-electron chi connectivity index (χ3n) is 3.89. The number of nitrogens with one attached hydrogen (secondary N) is 1. The lowest BCUT2D eigenvalue weighted by Crippen LogP contribution is -1.98. The highest BCUT2D eigenvalue weighted by atomic mass is 32.2. The predicted molar refractivity (Wildman–Crippen MR) is 95.6 cm³/mol. The monoisotopic (exact) mass is 342 g/mol. The Morgan fingerprint density at radius 1 is 1.12 bits per heavy atom. The van der Waals surface area contributed by atoms with E-state index in [0.717, 1.165) is 28.4 Å². The van der Waals surface area contributed by atoms with E-state index < -0.39 is 9.84 Å². The van der Waals surface area contributed by atoms with Crippen molar-refractivity contribution < 1.29 is 13.5 Å². The van der Waals surface area contributed by atoms with E-state index in [-0.39, 0.29) is 10.6 Å². The molecule has 0 aliphatic carbocycles. The Morgan fingerprint density at radius 3 is 2.46 bits per heavy atom. The van der Waals surface area contributed by atoms with Crippen LogP contribution in [0.1, 0.15) is 12.5 Å². The van der Waals surface area contributed by atoms with Gasteiger partial charge in [0.1, 0.15) is 11.6 Å². The molecular weight excluding hydrogens is 324 g/mol. The maximum absolute atomic E-state index is 11.5. The maximum Gasteiger partial charge on any atom is 0.175 e. The van der Waals surface area contributed by atoms with Gasteiger partial charge >= 0.3 is 0 Å². The van der Waals surface area contributed by atoms with Crippen LogP contribution in [0, 0.1) is 0 Å². The van der Waals surface area contributed by atoms with Gasteiger partial charge in [-0.15, -0.1) is 0 Å². The third kappa shape index (κ3) is 3.19. The number of phenols is 1. The fourth-order valence-electron chi connectivity index (χ4n) is 2.56. The maximum atomic E-state index is 11.5. The number of hydrogen-bond acceptors (Lipinski definition) is 5. The molecule has 2 N–H and O–H groups in total. The smallest absolute Gasteiger partial charge is 0.175 e. The van der Waals surface area contributed by atoms with Crippen molar-refractivity contribution in [1.82, 2.24) is 4.98 Å². The van der Waals surface area contributed by atoms with E-state index in [4.69, 9.17) is 0 Å². The topological polar surface area (TPSA) is 79.3 Å². The molecule has 0 spiro atoms. The molecular formula is C18H18N2O3S. The van der Waals surface area contributed by atoms with E-state index >= 15 is 0 Å². The fraction of sp³-hybridized carbons (Fsp3) is 0.167. The van der Waals surface area contributed by atoms with Crippen molar-refractivity contribution in [2.75, 3.05) is 11.6 Å². The van der Waals surface area contributed by atoms with Crippen molar-refractivity contribution in [2.24, 2.45) is 0 Å². The molecule has 124 valence electrons. The molecule has 0 radical (unpaired) electrons. The number of benzene rings is 2. The number of hydrogen-bond donors (Lipinski definition) is 2. The van der Waals surface area contributed by atoms with E-state index in [1.54, 1.807) is 36.5 Å². The van der Waals surface area contributed by atoms with Crippen molar-refractivity contribution >= 4 is 32.1 Å². The van der Waals surface area contributed by atoms with Crippen LogP contribution >= 0.6 is 0 Å². The van der Waals surface area contributed by atoms with Gasteiger partial charge in [-0.2, -0.15) is 0 Å². The molecule has 0 saturated carbocycles. The summed E-state index contributed by atoms with van der Waals surface area (Å²) >= 11 is 0. The second-order valence-electron chi connectivity index (χ2n) is 5.64. The molecule has 0 bridgehead atoms. The van der Waals surface area contributed by atoms with Crippen LogP contribution in [-0.2, 0) is 16.3 Å². The van der Waals surface area contributed by atoms with E-state index in [1.165, 1.54) is 6.26 Å². The number of anilines is 2. The lowest BCUT2D eigenvalue weighted by molar-refractivity contribution is 0.470. The normalized spacial score (nSPS) is 11.6. The van der Waals surface area contributed by atoms with Crippen molar-refractivity contribution in [2.45, 2.75) is 18.2 Å². The Kier molecular flexibility index (Phi) is 4.15. The van der Waals surface area contributed by atoms with Crippen molar-refractivity contribution in [3.63, 3.8) is 0 Å². The molecule has 5 nitrogen and oxygen atoms in total. The molecule has 0 saturated heterocycles. The van der Waals surface area contributed by atoms with Gasteiger partial charge in [0.15, 0.2) is 9.84 Å². The molecule has 24 heavy (non-hydrogen) atoms. The van der Waals surface area contributed by atoms with Crippen molar-refractivity contribution in [1.29, 1.82) is 0 Å². The molecule has 0 atom stereocenters. The molecule has 0 aliphatic rings. The molecule has 0 fully saturated rings. The standard InChI is InChI=1S/C18H18N2O3S/c1-3-12-10-13-8-9-19-18(16(13)11-17(12)21)20-14-4-6-15(7-5-14)24(2,22)23/h4-11,21H,3H2,1-2H3,(H,19,20). The van der Waals surface area contributed by atoms with Gasteiger partial charge in [0.05, 0.1) is 4.90 Å². The Labute approximate surface area is 140 Å². The molecule has 6 heteroatoms. The van der Waals surface area contributed by atoms with Gasteiger partial charge in [-0.1, -0.05) is 6.92 Å². The van der Waals surface area contributed by atoms with Crippen molar-refractivity contribution in [3.05, 3.63) is 54.2 Å². The summed E-state index contributed by atoms with van der Waals surface area (Å²) in [6.45, 7) is 1.99. The molecule has 3 rings (SSSR count). The number of nitrogens with zero attached hydrogens (tertiary/aromatic N) is 1. The fourth-order valence-corrected chi connectivity index (χ4v) is 3.19. The van der Waals surface area contributed by atoms with Crippen LogP contribution in [0.5, 0.6) is 5.75 Å². The summed E-state index contributed by atoms with van der Waals surface area (Å²) in [6, 6.07) is 12.0. The molecule has 3 aromatic rings. The van der Waals surface area contributed by atoms with Crippen molar-refractivity contribution in [3.8, 4) is 5.75 Å². The second-order valence-corrected chi connectivity index (χ2v) is 7.65. The Morgan fingerprint density at radius 2 is 1.83 bits per heavy atom. The molecule has 2 aromatic carbocycles. The molecule has 1 heterocycles. The van der Waals surface area contributed by atoms with Crippen LogP contribution in [-0.4, -0.2) is 24.8 Å². The van der Waals surface area contributed by atoms with E-state index in [9.17, 15) is 13.5 Å². The molecule has 0 unspecified atom stereocenters. The highest BCUT2D eigenvalue weighted by Crippen LogP contribution is 2.30. The zero-order chi connectivity index (χ0) is 17.3. The van der Waals surface area contributed by atoms with E-state index in [2.05, 4.69) is 10.3 Å². The summed E-state index contributed by atoms with van der Waals surface area (Å²) in [5.74, 6) is 0.853. The summed E-state index contributed by atoms with van der Waals surface area (Å²) in [5.41, 5.74) is 1.61. The van der Waals surface area contributed by atoms with Crippen LogP contribution in [0.25, 0.3) is 10.8 Å². The number of aryl methyl sites for hydroxylation is 1. The average Bonchev–Trinajstić information content (AvgIpc) is 2.54. The number of fused-ring (bicyclic) bond motifs is 1. The minimum absolute atomic E-state index is 0.244. The predicted octanol–water partition coefficient (Wildman–Crippen LogP) is 3.65. The first kappa shape index (κ1) is 16.3. The number of rotatable bonds is 4. The molecule has 1 aromatic heterocycles. The highest BCUT2D eigenvalue weighted by Gasteiger charge is 2.09. The molecule has 0 aliphatic heterocycles. The summed E-state index contributed by atoms with van der Waals surface area (Å²) < 4.78 is 23.0. The summed E-state index contributed by atoms with van der Waals surface area (Å²) in [6.07, 6.45) is 3.63. The van der Waals surface area contributed by atoms with Gasteiger partial charge in [-0.05, 0) is 59.8 Å². The second kappa shape index (κ2) is 6.13. The zero-order valence-corrected chi connectivity index (χ0v) is 14.3. The number of pyridine rings is 1. The lowest BCUT2D eigenvalue weighted by atomic mass is 10.1. The molecule has 0 amide bonds. The summed E-state index contributed by atoms with van der Waals surface area (Å²) in [7, 11) is -3.22. The lowest BCUT2D eigenvalue weighted by Gasteiger charge is -2.11. The van der Waals surface area contributed by atoms with Crippen LogP contribution in [0.15, 0.2) is 53.6 Å². The SMILES string of the molecule is CCc1cc2ccnc(Nc3ccc(S(C)(=O)=O)cc3)c2cc1O. The average molecular weight is 342 g/mol. The van der Waals surface area contributed by atoms with Gasteiger partial charge in [0.25, 0.3) is 0 Å². The zero-order valence-electron chi connectivity index (χ0n) is 13.4. The summed E-state index contributed by atoms with van der Waals surface area (Å²) in [4.78, 5) is 4.60. The Hall–Kier alpha value is -2.60. The van der Waals surface area contributed by atoms with Crippen LogP contribution in [0.3, 0.4) is 0 Å². The third-order valence-corrected chi connectivity index (χ3v) is 5.02. The quantitative estimate of drug-likeness (QED) is 0.756. The Bertz CT molecular complexity index is 997. The van der Waals surface area contributed by atoms with Gasteiger partial charge < -0.3 is 10.4 Å². The number of aromatic nitrogens is 1. The van der Waals surface area contributed by atoms with Gasteiger partial charge in [0.2, 0.25) is 0 Å². The first-order valence-corrected chi connectivity index (χ1v) is 9.45. The number of aromatic hydroxyl groups is 1. The van der Waals surface area contributed by atoms with Crippen LogP contribution in [0.4, 0.5) is 11.5 Å². The van der Waals surface area contributed by atoms with E-state index in [0.29, 0.717) is 5.82 Å². The number of phenolic OH excluding ortho intramolecular Hbond substituents is 1. The minimum Gasteiger partial charge on any atom is -0.508 e. The van der Waals surface area contributed by atoms with Gasteiger partial charge in [-0.3, -0.25) is 0 Å². The Balaban J connectivity index is 1.99. The largest absolute Gasteiger partial charge is 0.508 e. The van der Waals surface area contributed by atoms with Gasteiger partial charge in [-0.25, -0.2) is 13.4 Å². The van der Waals surface area contributed by atoms with E-state index in [1.807, 2.05) is 19.1 Å². The minimum atomic E-state index is -3.22. The first-order valence-electron chi connectivity index (χ1n) is 7.56. The van der Waals surface area contributed by atoms with Crippen LogP contribution in [0.2, 0.25) is 0 Å². The van der Waals surface area contributed by atoms with Gasteiger partial charge in [0, 0.05) is 23.5 Å². The highest BCUT2D eigenvalue weighted by molar-refractivity contribution is 7.90.